The van der Waals surface area contributed by atoms with Gasteiger partial charge in [0.1, 0.15) is 11.3 Å². The van der Waals surface area contributed by atoms with Gasteiger partial charge in [0, 0.05) is 39.2 Å². The second kappa shape index (κ2) is 10.6. The molecule has 0 aliphatic carbocycles. The highest BCUT2D eigenvalue weighted by molar-refractivity contribution is 5.84. The molecule has 3 aromatic rings. The van der Waals surface area contributed by atoms with Crippen LogP contribution in [-0.2, 0) is 9.47 Å². The second-order valence-corrected chi connectivity index (χ2v) is 8.09. The van der Waals surface area contributed by atoms with E-state index in [0.29, 0.717) is 82.2 Å². The maximum Gasteiger partial charge on any atom is 0.296 e. The lowest BCUT2D eigenvalue weighted by atomic mass is 10.3. The predicted molar refractivity (Wildman–Crippen MR) is 123 cm³/mol. The van der Waals surface area contributed by atoms with Gasteiger partial charge in [0.15, 0.2) is 5.82 Å². The van der Waals surface area contributed by atoms with E-state index in [2.05, 4.69) is 19.9 Å². The molecule has 0 bridgehead atoms. The predicted octanol–water partition coefficient (Wildman–Crippen LogP) is 1.58. The minimum Gasteiger partial charge on any atom is -0.491 e. The molecule has 0 spiro atoms. The third kappa shape index (κ3) is 4.97. The molecular weight excluding hydrogens is 464 g/mol. The molecule has 2 saturated heterocycles. The number of morpholine rings is 2. The summed E-state index contributed by atoms with van der Waals surface area (Å²) in [5.41, 5.74) is 0.677. The molecule has 0 atom stereocenters. The van der Waals surface area contributed by atoms with E-state index in [4.69, 9.17) is 19.3 Å². The molecule has 1 N–H and O–H groups in total. The van der Waals surface area contributed by atoms with Crippen molar-refractivity contribution in [1.29, 1.82) is 0 Å². The smallest absolute Gasteiger partial charge is 0.296 e. The number of para-hydroxylation sites is 1. The molecule has 188 valence electrons. The number of hydrogen-bond acceptors (Lipinski definition) is 10. The molecule has 13 heteroatoms. The highest BCUT2D eigenvalue weighted by atomic mass is 19.3. The number of aliphatic hydroxyl groups is 1. The Bertz CT molecular complexity index is 1110. The van der Waals surface area contributed by atoms with E-state index in [1.54, 1.807) is 18.2 Å². The Balaban J connectivity index is 1.64. The van der Waals surface area contributed by atoms with Crippen LogP contribution in [0.1, 0.15) is 18.7 Å². The molecule has 0 amide bonds. The number of imidazole rings is 1. The topological polar surface area (TPSA) is 111 Å². The minimum atomic E-state index is -2.87. The molecule has 0 saturated carbocycles. The van der Waals surface area contributed by atoms with Crippen molar-refractivity contribution in [3.05, 3.63) is 24.0 Å². The van der Waals surface area contributed by atoms with Crippen molar-refractivity contribution in [1.82, 2.24) is 24.5 Å². The second-order valence-electron chi connectivity index (χ2n) is 8.09. The molecule has 35 heavy (non-hydrogen) atoms. The Morgan fingerprint density at radius 1 is 0.886 bits per heavy atom. The van der Waals surface area contributed by atoms with Crippen LogP contribution in [0.2, 0.25) is 0 Å². The van der Waals surface area contributed by atoms with Crippen molar-refractivity contribution in [2.45, 2.75) is 12.8 Å². The van der Waals surface area contributed by atoms with E-state index in [-0.39, 0.29) is 24.7 Å². The first-order valence-corrected chi connectivity index (χ1v) is 11.6. The Morgan fingerprint density at radius 2 is 1.49 bits per heavy atom. The lowest BCUT2D eigenvalue weighted by Crippen LogP contribution is -2.40. The molecule has 5 rings (SSSR count). The molecule has 2 fully saturated rings. The molecule has 0 unspecified atom stereocenters. The quantitative estimate of drug-likeness (QED) is 0.466. The van der Waals surface area contributed by atoms with Gasteiger partial charge >= 0.3 is 0 Å². The van der Waals surface area contributed by atoms with Gasteiger partial charge in [0.2, 0.25) is 17.8 Å². The molecule has 4 heterocycles. The van der Waals surface area contributed by atoms with Crippen molar-refractivity contribution in [3.8, 4) is 11.7 Å². The van der Waals surface area contributed by atoms with Crippen LogP contribution in [0, 0.1) is 0 Å². The third-order valence-corrected chi connectivity index (χ3v) is 5.82. The minimum absolute atomic E-state index is 0.0355. The molecular formula is C22H27F2N7O4. The van der Waals surface area contributed by atoms with Crippen molar-refractivity contribution < 1.29 is 28.1 Å². The molecule has 2 aromatic heterocycles. The van der Waals surface area contributed by atoms with Crippen molar-refractivity contribution >= 4 is 22.9 Å². The fraction of sp³-hybridized carbons (Fsp3) is 0.545. The van der Waals surface area contributed by atoms with E-state index in [0.717, 1.165) is 0 Å². The number of anilines is 2. The molecule has 11 nitrogen and oxygen atoms in total. The summed E-state index contributed by atoms with van der Waals surface area (Å²) >= 11 is 0. The third-order valence-electron chi connectivity index (χ3n) is 5.82. The van der Waals surface area contributed by atoms with Gasteiger partial charge in [-0.2, -0.15) is 15.0 Å². The van der Waals surface area contributed by atoms with Crippen molar-refractivity contribution in [2.75, 3.05) is 75.6 Å². The first-order chi connectivity index (χ1) is 17.2. The maximum absolute atomic E-state index is 14.2. The van der Waals surface area contributed by atoms with E-state index in [1.807, 2.05) is 9.80 Å². The van der Waals surface area contributed by atoms with Crippen LogP contribution in [0.25, 0.3) is 17.0 Å². The number of aliphatic hydroxyl groups excluding tert-OH is 1. The highest BCUT2D eigenvalue weighted by Crippen LogP contribution is 2.32. The van der Waals surface area contributed by atoms with Crippen molar-refractivity contribution in [2.24, 2.45) is 0 Å². The Kier molecular flexibility index (Phi) is 7.16. The highest BCUT2D eigenvalue weighted by Gasteiger charge is 2.27. The number of nitrogens with zero attached hydrogens (tertiary/aromatic N) is 7. The number of rotatable bonds is 8. The molecule has 2 aliphatic rings. The van der Waals surface area contributed by atoms with Crippen LogP contribution in [0.4, 0.5) is 20.7 Å². The number of fused-ring (bicyclic) bond motifs is 1. The zero-order valence-electron chi connectivity index (χ0n) is 19.1. The van der Waals surface area contributed by atoms with Crippen LogP contribution in [0.3, 0.4) is 0 Å². The lowest BCUT2D eigenvalue weighted by Gasteiger charge is -2.30. The summed E-state index contributed by atoms with van der Waals surface area (Å²) in [5.74, 6) is 0.737. The fourth-order valence-electron chi connectivity index (χ4n) is 4.06. The summed E-state index contributed by atoms with van der Waals surface area (Å²) in [7, 11) is 0. The van der Waals surface area contributed by atoms with Crippen LogP contribution in [0.5, 0.6) is 5.75 Å². The summed E-state index contributed by atoms with van der Waals surface area (Å²) in [6.45, 7) is 4.65. The average molecular weight is 491 g/mol. The largest absolute Gasteiger partial charge is 0.491 e. The number of ether oxygens (including phenoxy) is 3. The number of alkyl halides is 2. The first kappa shape index (κ1) is 23.6. The van der Waals surface area contributed by atoms with Crippen molar-refractivity contribution in [3.63, 3.8) is 0 Å². The zero-order valence-corrected chi connectivity index (χ0v) is 19.1. The van der Waals surface area contributed by atoms with Gasteiger partial charge in [-0.3, -0.25) is 4.57 Å². The molecule has 1 aromatic carbocycles. The number of halogens is 2. The van der Waals surface area contributed by atoms with E-state index in [1.165, 1.54) is 4.57 Å². The van der Waals surface area contributed by atoms with Gasteiger partial charge in [-0.05, 0) is 12.1 Å². The summed E-state index contributed by atoms with van der Waals surface area (Å²) in [4.78, 5) is 22.0. The van der Waals surface area contributed by atoms with E-state index in [9.17, 15) is 8.78 Å². The summed E-state index contributed by atoms with van der Waals surface area (Å²) < 4.78 is 46.3. The SMILES string of the molecule is OCCCOc1cccc2c1nc(C(F)F)n2-c1nc(N2CCOCC2)nc(N2CCOCC2)n1. The average Bonchev–Trinajstić information content (AvgIpc) is 3.31. The summed E-state index contributed by atoms with van der Waals surface area (Å²) in [6.07, 6.45) is -2.46. The molecule has 0 radical (unpaired) electrons. The van der Waals surface area contributed by atoms with Crippen LogP contribution >= 0.6 is 0 Å². The van der Waals surface area contributed by atoms with Gasteiger partial charge in [-0.25, -0.2) is 13.8 Å². The lowest BCUT2D eigenvalue weighted by molar-refractivity contribution is 0.121. The number of hydrogen-bond donors (Lipinski definition) is 1. The van der Waals surface area contributed by atoms with E-state index >= 15 is 0 Å². The normalized spacial score (nSPS) is 16.9. The Morgan fingerprint density at radius 3 is 2.06 bits per heavy atom. The first-order valence-electron chi connectivity index (χ1n) is 11.6. The molecule has 2 aliphatic heterocycles. The van der Waals surface area contributed by atoms with Gasteiger partial charge < -0.3 is 29.1 Å². The van der Waals surface area contributed by atoms with Gasteiger partial charge in [-0.1, -0.05) is 6.07 Å². The van der Waals surface area contributed by atoms with E-state index < -0.39 is 12.2 Å². The van der Waals surface area contributed by atoms with Crippen LogP contribution in [-0.4, -0.2) is 95.4 Å². The zero-order chi connectivity index (χ0) is 24.2. The number of aromatic nitrogens is 5. The summed E-state index contributed by atoms with van der Waals surface area (Å²) in [5, 5.41) is 9.05. The monoisotopic (exact) mass is 491 g/mol. The fourth-order valence-corrected chi connectivity index (χ4v) is 4.06. The van der Waals surface area contributed by atoms with Gasteiger partial charge in [0.25, 0.3) is 6.43 Å². The Labute approximate surface area is 200 Å². The van der Waals surface area contributed by atoms with Crippen LogP contribution < -0.4 is 14.5 Å². The van der Waals surface area contributed by atoms with Gasteiger partial charge in [0.05, 0.1) is 38.6 Å². The Hall–Kier alpha value is -3.16. The standard InChI is InChI=1S/C22H27F2N7O4/c23-18(24)19-25-17-15(3-1-4-16(17)35-10-2-9-32)31(19)22-27-20(29-5-11-33-12-6-29)26-21(28-22)30-7-13-34-14-8-30/h1,3-4,18,32H,2,5-14H2. The summed E-state index contributed by atoms with van der Waals surface area (Å²) in [6, 6.07) is 5.05. The maximum atomic E-state index is 14.2. The van der Waals surface area contributed by atoms with Crippen LogP contribution in [0.15, 0.2) is 18.2 Å². The number of benzene rings is 1. The van der Waals surface area contributed by atoms with Gasteiger partial charge in [-0.15, -0.1) is 0 Å².